The van der Waals surface area contributed by atoms with Crippen molar-refractivity contribution in [2.24, 2.45) is 5.92 Å². The minimum Gasteiger partial charge on any atom is -0.347 e. The topological polar surface area (TPSA) is 129 Å². The molecular weight excluding hydrogens is 550 g/mol. The number of hydrogen-bond acceptors (Lipinski definition) is 11. The second-order valence-corrected chi connectivity index (χ2v) is 11.6. The van der Waals surface area contributed by atoms with Gasteiger partial charge in [-0.3, -0.25) is 14.9 Å². The van der Waals surface area contributed by atoms with Gasteiger partial charge in [0.05, 0.1) is 21.8 Å². The van der Waals surface area contributed by atoms with Crippen molar-refractivity contribution in [3.63, 3.8) is 0 Å². The summed E-state index contributed by atoms with van der Waals surface area (Å²) in [6.45, 7) is 3.27. The van der Waals surface area contributed by atoms with Gasteiger partial charge >= 0.3 is 0 Å². The molecule has 5 heterocycles. The molecule has 0 bridgehead atoms. The first-order valence-corrected chi connectivity index (χ1v) is 14.7. The number of amides is 2. The maximum Gasteiger partial charge on any atom is 0.290 e. The number of nitrogens with zero attached hydrogens (tertiary/aromatic N) is 7. The number of piperidine rings is 1. The molecule has 0 radical (unpaired) electrons. The minimum absolute atomic E-state index is 0.345. The lowest BCUT2D eigenvalue weighted by Gasteiger charge is -2.32. The zero-order chi connectivity index (χ0) is 29.1. The summed E-state index contributed by atoms with van der Waals surface area (Å²) in [5.41, 5.74) is 4.46. The number of carbonyl (C=O) groups is 2. The van der Waals surface area contributed by atoms with E-state index in [4.69, 9.17) is 4.98 Å². The number of anilines is 2. The average molecular weight is 582 g/mol. The lowest BCUT2D eigenvalue weighted by atomic mass is 9.96. The molecule has 42 heavy (non-hydrogen) atoms. The molecule has 214 valence electrons. The fraction of sp³-hybridized carbons (Fsp3) is 0.300. The number of imide groups is 1. The van der Waals surface area contributed by atoms with Gasteiger partial charge in [-0.2, -0.15) is 0 Å². The van der Waals surface area contributed by atoms with Crippen LogP contribution in [0.4, 0.5) is 16.7 Å². The Kier molecular flexibility index (Phi) is 8.06. The third-order valence-electron chi connectivity index (χ3n) is 7.35. The highest BCUT2D eigenvalue weighted by Gasteiger charge is 2.26. The van der Waals surface area contributed by atoms with Gasteiger partial charge in [0.25, 0.3) is 11.1 Å². The van der Waals surface area contributed by atoms with Gasteiger partial charge in [-0.25, -0.2) is 24.9 Å². The van der Waals surface area contributed by atoms with Crippen molar-refractivity contribution in [1.29, 1.82) is 0 Å². The van der Waals surface area contributed by atoms with Gasteiger partial charge < -0.3 is 15.1 Å². The van der Waals surface area contributed by atoms with Crippen molar-refractivity contribution < 1.29 is 9.59 Å². The lowest BCUT2D eigenvalue weighted by molar-refractivity contribution is -0.115. The summed E-state index contributed by atoms with van der Waals surface area (Å²) in [4.78, 5) is 50.8. The molecular formula is C30H31N9O2S. The molecule has 6 rings (SSSR count). The first kappa shape index (κ1) is 27.7. The van der Waals surface area contributed by atoms with E-state index in [2.05, 4.69) is 47.6 Å². The molecule has 2 fully saturated rings. The van der Waals surface area contributed by atoms with Gasteiger partial charge in [0.2, 0.25) is 11.9 Å². The summed E-state index contributed by atoms with van der Waals surface area (Å²) < 4.78 is 0. The highest BCUT2D eigenvalue weighted by Crippen LogP contribution is 2.28. The first-order chi connectivity index (χ1) is 20.4. The van der Waals surface area contributed by atoms with E-state index in [-0.39, 0.29) is 11.1 Å². The van der Waals surface area contributed by atoms with Crippen LogP contribution < -0.4 is 20.4 Å². The smallest absolute Gasteiger partial charge is 0.290 e. The van der Waals surface area contributed by atoms with E-state index in [9.17, 15) is 9.59 Å². The Labute approximate surface area is 247 Å². The molecule has 11 nitrogen and oxygen atoms in total. The molecule has 0 saturated carbocycles. The van der Waals surface area contributed by atoms with Crippen molar-refractivity contribution in [3.05, 3.63) is 71.2 Å². The molecule has 0 unspecified atom stereocenters. The van der Waals surface area contributed by atoms with E-state index in [1.54, 1.807) is 18.3 Å². The fourth-order valence-corrected chi connectivity index (χ4v) is 5.78. The number of carbonyl (C=O) groups excluding carboxylic acids is 2. The lowest BCUT2D eigenvalue weighted by Crippen LogP contribution is -2.38. The van der Waals surface area contributed by atoms with E-state index in [0.29, 0.717) is 35.0 Å². The van der Waals surface area contributed by atoms with E-state index in [1.807, 2.05) is 49.6 Å². The van der Waals surface area contributed by atoms with E-state index in [0.717, 1.165) is 72.0 Å². The molecule has 2 amide bonds. The van der Waals surface area contributed by atoms with Crippen LogP contribution in [0.25, 0.3) is 28.2 Å². The molecule has 2 N–H and O–H groups in total. The predicted octanol–water partition coefficient (Wildman–Crippen LogP) is 3.88. The van der Waals surface area contributed by atoms with Crippen molar-refractivity contribution in [1.82, 2.24) is 35.6 Å². The van der Waals surface area contributed by atoms with Crippen LogP contribution in [0.5, 0.6) is 0 Å². The third kappa shape index (κ3) is 6.24. The Balaban J connectivity index is 1.08. The molecule has 12 heteroatoms. The largest absolute Gasteiger partial charge is 0.347 e. The van der Waals surface area contributed by atoms with Crippen LogP contribution in [0.2, 0.25) is 0 Å². The summed E-state index contributed by atoms with van der Waals surface area (Å²) in [5, 5.41) is 6.68. The van der Waals surface area contributed by atoms with E-state index >= 15 is 0 Å². The molecule has 2 saturated heterocycles. The monoisotopic (exact) mass is 581 g/mol. The van der Waals surface area contributed by atoms with Gasteiger partial charge in [-0.15, -0.1) is 0 Å². The van der Waals surface area contributed by atoms with Gasteiger partial charge in [-0.05, 0) is 66.9 Å². The zero-order valence-corrected chi connectivity index (χ0v) is 24.3. The van der Waals surface area contributed by atoms with Crippen LogP contribution in [0, 0.1) is 5.92 Å². The number of fused-ring (bicyclic) bond motifs is 1. The van der Waals surface area contributed by atoms with Gasteiger partial charge in [-0.1, -0.05) is 18.2 Å². The van der Waals surface area contributed by atoms with Gasteiger partial charge in [0.1, 0.15) is 0 Å². The van der Waals surface area contributed by atoms with Crippen LogP contribution in [-0.4, -0.2) is 69.8 Å². The highest BCUT2D eigenvalue weighted by atomic mass is 32.2. The molecule has 2 aliphatic rings. The number of rotatable bonds is 8. The SMILES string of the molecule is CN(C)c1ncc(-c2nc3ccccc3cc2CNCC2CCN(c3nccc(/C=C4\SC(=O)NC4=O)n3)CC2)cn1. The van der Waals surface area contributed by atoms with Crippen LogP contribution in [-0.2, 0) is 11.3 Å². The van der Waals surface area contributed by atoms with Crippen LogP contribution in [0.3, 0.4) is 0 Å². The molecule has 4 aromatic rings. The molecule has 0 aliphatic carbocycles. The summed E-state index contributed by atoms with van der Waals surface area (Å²) >= 11 is 0.886. The van der Waals surface area contributed by atoms with Gasteiger partial charge in [0, 0.05) is 63.3 Å². The van der Waals surface area contributed by atoms with Crippen LogP contribution in [0.15, 0.2) is 59.9 Å². The highest BCUT2D eigenvalue weighted by molar-refractivity contribution is 8.18. The Bertz CT molecular complexity index is 1650. The van der Waals surface area contributed by atoms with Gasteiger partial charge in [0.15, 0.2) is 0 Å². The Hall–Kier alpha value is -4.42. The number of pyridine rings is 1. The standard InChI is InChI=1S/C30H31N9O2S/c1-38(2)28-33-17-22(18-34-28)26-21(13-20-5-3-4-6-24(20)36-26)16-31-15-19-8-11-39(12-9-19)29-32-10-7-23(35-29)14-25-27(40)37-30(41)42-25/h3-7,10,13-14,17-19,31H,8-9,11-12,15-16H2,1-2H3,(H,37,40,41)/b25-14-. The number of hydrogen-bond donors (Lipinski definition) is 2. The summed E-state index contributed by atoms with van der Waals surface area (Å²) in [6.07, 6.45) is 9.02. The van der Waals surface area contributed by atoms with Crippen LogP contribution >= 0.6 is 11.8 Å². The maximum atomic E-state index is 11.9. The van der Waals surface area contributed by atoms with Crippen molar-refractivity contribution in [3.8, 4) is 11.3 Å². The summed E-state index contributed by atoms with van der Waals surface area (Å²) in [5.74, 6) is 1.44. The number of thioether (sulfide) groups is 1. The molecule has 0 spiro atoms. The summed E-state index contributed by atoms with van der Waals surface area (Å²) in [6, 6.07) is 12.1. The van der Waals surface area contributed by atoms with Crippen molar-refractivity contribution in [2.45, 2.75) is 19.4 Å². The zero-order valence-electron chi connectivity index (χ0n) is 23.4. The fourth-order valence-electron chi connectivity index (χ4n) is 5.12. The Morgan fingerprint density at radius 3 is 2.60 bits per heavy atom. The number of para-hydroxylation sites is 1. The van der Waals surface area contributed by atoms with E-state index < -0.39 is 0 Å². The van der Waals surface area contributed by atoms with Crippen molar-refractivity contribution >= 4 is 51.8 Å². The second kappa shape index (κ2) is 12.2. The Morgan fingerprint density at radius 2 is 1.86 bits per heavy atom. The van der Waals surface area contributed by atoms with Crippen LogP contribution in [0.1, 0.15) is 24.1 Å². The molecule has 0 atom stereocenters. The average Bonchev–Trinajstić information content (AvgIpc) is 3.33. The van der Waals surface area contributed by atoms with E-state index in [1.165, 1.54) is 0 Å². The summed E-state index contributed by atoms with van der Waals surface area (Å²) in [7, 11) is 3.85. The predicted molar refractivity (Wildman–Crippen MR) is 165 cm³/mol. The number of aromatic nitrogens is 5. The second-order valence-electron chi connectivity index (χ2n) is 10.6. The number of nitrogens with one attached hydrogen (secondary N) is 2. The normalized spacial score (nSPS) is 16.8. The molecule has 2 aliphatic heterocycles. The number of benzene rings is 1. The minimum atomic E-state index is -0.388. The van der Waals surface area contributed by atoms with Crippen molar-refractivity contribution in [2.75, 3.05) is 43.5 Å². The first-order valence-electron chi connectivity index (χ1n) is 13.8. The molecule has 3 aromatic heterocycles. The molecule has 1 aromatic carbocycles. The third-order valence-corrected chi connectivity index (χ3v) is 8.16. The maximum absolute atomic E-state index is 11.9. The quantitative estimate of drug-likeness (QED) is 0.294. The Morgan fingerprint density at radius 1 is 1.07 bits per heavy atom.